The molecule has 0 saturated carbocycles. The van der Waals surface area contributed by atoms with Crippen LogP contribution in [0, 0.1) is 12.1 Å². The van der Waals surface area contributed by atoms with Crippen molar-refractivity contribution in [1.82, 2.24) is 14.5 Å². The smallest absolute Gasteiger partial charge is 0.346 e. The summed E-state index contributed by atoms with van der Waals surface area (Å²) in [5.41, 5.74) is 4.54. The first kappa shape index (κ1) is 20.0. The molecule has 0 unspecified atom stereocenters. The molecule has 0 amide bonds. The Bertz CT molecular complexity index is 1320. The van der Waals surface area contributed by atoms with E-state index in [1.165, 1.54) is 0 Å². The van der Waals surface area contributed by atoms with Gasteiger partial charge >= 0.3 is 20.4 Å². The molecular weight excluding hydrogens is 461 g/mol. The Hall–Kier alpha value is -3.32. The van der Waals surface area contributed by atoms with Gasteiger partial charge in [-0.25, -0.2) is 0 Å². The molecule has 0 saturated heterocycles. The minimum atomic E-state index is 0. The molecule has 5 rings (SSSR count). The van der Waals surface area contributed by atoms with Crippen LogP contribution in [0.1, 0.15) is 0 Å². The molecule has 3 nitrogen and oxygen atoms in total. The molecule has 146 valence electrons. The Morgan fingerprint density at radius 1 is 0.533 bits per heavy atom. The fraction of sp³-hybridized carbons (Fsp3) is 0. The van der Waals surface area contributed by atoms with Crippen molar-refractivity contribution < 1.29 is 20.4 Å². The van der Waals surface area contributed by atoms with Crippen LogP contribution in [0.25, 0.3) is 38.5 Å². The third-order valence-electron chi connectivity index (χ3n) is 4.67. The number of hydrogen-bond donors (Lipinski definition) is 0. The maximum atomic E-state index is 4.66. The van der Waals surface area contributed by atoms with E-state index in [1.807, 2.05) is 91.3 Å². The van der Waals surface area contributed by atoms with Gasteiger partial charge in [0.05, 0.1) is 11.0 Å². The second kappa shape index (κ2) is 9.01. The van der Waals surface area contributed by atoms with Crippen LogP contribution in [0.5, 0.6) is 0 Å². The van der Waals surface area contributed by atoms with Gasteiger partial charge in [-0.1, -0.05) is 30.3 Å². The molecule has 0 aliphatic carbocycles. The Morgan fingerprint density at radius 3 is 1.57 bits per heavy atom. The van der Waals surface area contributed by atoms with Gasteiger partial charge in [-0.2, -0.15) is 0 Å². The van der Waals surface area contributed by atoms with Crippen LogP contribution in [0.3, 0.4) is 0 Å². The van der Waals surface area contributed by atoms with Crippen molar-refractivity contribution in [2.24, 2.45) is 0 Å². The SMILES string of the molecule is [Pd+2].[c-]1c2cccc1n(-c1ccccc1)c1[c-]c(ccc1)cnc1ccccc1nc2. The summed E-state index contributed by atoms with van der Waals surface area (Å²) >= 11 is 0. The molecule has 0 fully saturated rings. The molecule has 30 heavy (non-hydrogen) atoms. The monoisotopic (exact) mass is 477 g/mol. The second-order valence-electron chi connectivity index (χ2n) is 6.66. The van der Waals surface area contributed by atoms with Gasteiger partial charge in [-0.15, -0.1) is 59.3 Å². The summed E-state index contributed by atoms with van der Waals surface area (Å²) in [4.78, 5) is 9.32. The van der Waals surface area contributed by atoms with Crippen LogP contribution >= 0.6 is 0 Å². The molecule has 0 radical (unpaired) electrons. The molecule has 4 aromatic carbocycles. The molecule has 0 N–H and O–H groups in total. The van der Waals surface area contributed by atoms with Crippen LogP contribution in [0.4, 0.5) is 0 Å². The van der Waals surface area contributed by atoms with E-state index < -0.39 is 0 Å². The first-order valence-electron chi connectivity index (χ1n) is 9.44. The molecule has 1 heterocycles. The molecule has 0 atom stereocenters. The molecule has 4 heteroatoms. The summed E-state index contributed by atoms with van der Waals surface area (Å²) in [6.45, 7) is 0. The maximum Gasteiger partial charge on any atom is 2.00 e. The number of aromatic nitrogens is 3. The van der Waals surface area contributed by atoms with Crippen LogP contribution in [0.15, 0.2) is 103 Å². The van der Waals surface area contributed by atoms with Crippen molar-refractivity contribution >= 4 is 32.8 Å². The zero-order chi connectivity index (χ0) is 19.5. The fourth-order valence-corrected chi connectivity index (χ4v) is 3.31. The largest absolute Gasteiger partial charge is 2.00 e. The summed E-state index contributed by atoms with van der Waals surface area (Å²) < 4.78 is 2.14. The molecular formula is C26H17N3Pd. The van der Waals surface area contributed by atoms with E-state index in [0.717, 1.165) is 38.5 Å². The second-order valence-corrected chi connectivity index (χ2v) is 6.66. The van der Waals surface area contributed by atoms with Gasteiger partial charge in [0.2, 0.25) is 0 Å². The number of para-hydroxylation sites is 3. The predicted octanol–water partition coefficient (Wildman–Crippen LogP) is 6.01. The van der Waals surface area contributed by atoms with Crippen LogP contribution in [-0.4, -0.2) is 14.5 Å². The Morgan fingerprint density at radius 2 is 1.03 bits per heavy atom. The Kier molecular flexibility index (Phi) is 6.00. The van der Waals surface area contributed by atoms with Crippen molar-refractivity contribution in [3.8, 4) is 5.69 Å². The van der Waals surface area contributed by atoms with E-state index in [2.05, 4.69) is 38.8 Å². The van der Waals surface area contributed by atoms with E-state index in [1.54, 1.807) is 0 Å². The first-order chi connectivity index (χ1) is 14.4. The molecule has 0 aliphatic heterocycles. The summed E-state index contributed by atoms with van der Waals surface area (Å²) in [6.07, 6.45) is 3.66. The van der Waals surface area contributed by atoms with Crippen molar-refractivity contribution in [3.63, 3.8) is 0 Å². The first-order valence-corrected chi connectivity index (χ1v) is 9.44. The van der Waals surface area contributed by atoms with E-state index >= 15 is 0 Å². The predicted molar refractivity (Wildman–Crippen MR) is 118 cm³/mol. The molecule has 0 spiro atoms. The normalized spacial score (nSPS) is 10.4. The third kappa shape index (κ3) is 4.16. The van der Waals surface area contributed by atoms with Crippen molar-refractivity contribution in [1.29, 1.82) is 0 Å². The number of fused-ring (bicyclic) bond motifs is 5. The van der Waals surface area contributed by atoms with E-state index in [-0.39, 0.29) is 20.4 Å². The van der Waals surface area contributed by atoms with Crippen LogP contribution in [0.2, 0.25) is 0 Å². The van der Waals surface area contributed by atoms with Gasteiger partial charge in [0.1, 0.15) is 0 Å². The minimum absolute atomic E-state index is 0. The number of benzene rings is 4. The Balaban J connectivity index is 0.00000218. The third-order valence-corrected chi connectivity index (χ3v) is 4.67. The van der Waals surface area contributed by atoms with Crippen LogP contribution < -0.4 is 0 Å². The summed E-state index contributed by atoms with van der Waals surface area (Å²) in [6, 6.07) is 37.2. The molecule has 0 aliphatic rings. The molecule has 5 aromatic rings. The minimum Gasteiger partial charge on any atom is -0.346 e. The van der Waals surface area contributed by atoms with Gasteiger partial charge in [-0.05, 0) is 47.7 Å². The maximum absolute atomic E-state index is 4.66. The summed E-state index contributed by atoms with van der Waals surface area (Å²) in [7, 11) is 0. The van der Waals surface area contributed by atoms with Crippen LogP contribution in [-0.2, 0) is 20.4 Å². The average molecular weight is 478 g/mol. The van der Waals surface area contributed by atoms with Crippen molar-refractivity contribution in [2.75, 3.05) is 0 Å². The average Bonchev–Trinajstić information content (AvgIpc) is 2.78. The number of hydrogen-bond acceptors (Lipinski definition) is 2. The van der Waals surface area contributed by atoms with E-state index in [9.17, 15) is 0 Å². The van der Waals surface area contributed by atoms with Crippen molar-refractivity contribution in [2.45, 2.75) is 0 Å². The quantitative estimate of drug-likeness (QED) is 0.219. The Labute approximate surface area is 188 Å². The standard InChI is InChI=1S/C26H17N3.Pd/c1-2-10-22(11-3-1)29-23-12-6-8-20(16-23)18-27-25-14-4-5-15-26(25)28-19-21-9-7-13-24(29)17-21;/h1-15,18-19H;/q-2;+2. The van der Waals surface area contributed by atoms with Gasteiger partial charge in [0.25, 0.3) is 0 Å². The molecule has 1 aromatic heterocycles. The topological polar surface area (TPSA) is 30.7 Å². The summed E-state index contributed by atoms with van der Waals surface area (Å²) in [5, 5.41) is 1.80. The van der Waals surface area contributed by atoms with E-state index in [0.29, 0.717) is 0 Å². The zero-order valence-electron chi connectivity index (χ0n) is 16.0. The van der Waals surface area contributed by atoms with Gasteiger partial charge in [-0.3, -0.25) is 0 Å². The van der Waals surface area contributed by atoms with Gasteiger partial charge < -0.3 is 14.5 Å². The summed E-state index contributed by atoms with van der Waals surface area (Å²) in [5.74, 6) is 0. The molecule has 4 bridgehead atoms. The van der Waals surface area contributed by atoms with E-state index in [4.69, 9.17) is 0 Å². The fourth-order valence-electron chi connectivity index (χ4n) is 3.31. The zero-order valence-corrected chi connectivity index (χ0v) is 17.5. The van der Waals surface area contributed by atoms with Gasteiger partial charge in [0.15, 0.2) is 0 Å². The van der Waals surface area contributed by atoms with Crippen molar-refractivity contribution in [3.05, 3.63) is 116 Å². The number of nitrogens with zero attached hydrogens (tertiary/aromatic N) is 3. The van der Waals surface area contributed by atoms with Gasteiger partial charge in [0, 0.05) is 5.69 Å². The number of rotatable bonds is 1.